The number of rotatable bonds is 3. The summed E-state index contributed by atoms with van der Waals surface area (Å²) in [5, 5.41) is 7.84. The van der Waals surface area contributed by atoms with Gasteiger partial charge in [-0.1, -0.05) is 12.5 Å². The normalized spacial score (nSPS) is 17.4. The fourth-order valence-corrected chi connectivity index (χ4v) is 3.68. The Bertz CT molecular complexity index is 1090. The van der Waals surface area contributed by atoms with E-state index in [1.165, 1.54) is 12.8 Å². The summed E-state index contributed by atoms with van der Waals surface area (Å²) in [5.74, 6) is 0.974. The molecule has 1 unspecified atom stereocenters. The highest BCUT2D eigenvalue weighted by molar-refractivity contribution is 5.77. The molecule has 0 aliphatic carbocycles. The fraction of sp³-hybridized carbons (Fsp3) is 0.300. The molecule has 0 spiro atoms. The van der Waals surface area contributed by atoms with E-state index in [2.05, 4.69) is 26.4 Å². The number of hydrogen-bond donors (Lipinski definition) is 2. The minimum absolute atomic E-state index is 0.256. The molecule has 1 atom stereocenters. The second-order valence-electron chi connectivity index (χ2n) is 6.99. The van der Waals surface area contributed by atoms with Crippen molar-refractivity contribution in [1.29, 1.82) is 0 Å². The van der Waals surface area contributed by atoms with Gasteiger partial charge in [0.25, 0.3) is 0 Å². The molecule has 0 aromatic carbocycles. The largest absolute Gasteiger partial charge is 0.340 e. The van der Waals surface area contributed by atoms with Gasteiger partial charge >= 0.3 is 0 Å². The number of aromatic nitrogens is 6. The van der Waals surface area contributed by atoms with Crippen molar-refractivity contribution in [3.63, 3.8) is 0 Å². The van der Waals surface area contributed by atoms with Gasteiger partial charge in [0.05, 0.1) is 17.4 Å². The van der Waals surface area contributed by atoms with Crippen molar-refractivity contribution in [2.24, 2.45) is 0 Å². The second kappa shape index (κ2) is 6.59. The average molecular weight is 359 g/mol. The number of fused-ring (bicyclic) bond motifs is 1. The van der Waals surface area contributed by atoms with Crippen molar-refractivity contribution in [3.05, 3.63) is 54.4 Å². The van der Waals surface area contributed by atoms with E-state index in [9.17, 15) is 0 Å². The van der Waals surface area contributed by atoms with Crippen LogP contribution in [-0.2, 0) is 0 Å². The number of pyridine rings is 2. The standard InChI is InChI=1S/C20H21N7/c1-13-5-4-7-15(24-13)19-18(14-8-9-17-22-12-23-27(17)11-14)25-20(26-19)16-6-2-3-10-21-16/h4-5,7-9,11-12,16,21H,2-3,6,10H2,1H3,(H,25,26). The number of nitrogens with zero attached hydrogens (tertiary/aromatic N) is 5. The molecule has 2 N–H and O–H groups in total. The molecule has 1 aliphatic rings. The maximum Gasteiger partial charge on any atom is 0.155 e. The molecular weight excluding hydrogens is 338 g/mol. The lowest BCUT2D eigenvalue weighted by molar-refractivity contribution is 0.399. The molecule has 5 rings (SSSR count). The summed E-state index contributed by atoms with van der Waals surface area (Å²) >= 11 is 0. The van der Waals surface area contributed by atoms with E-state index in [0.29, 0.717) is 0 Å². The summed E-state index contributed by atoms with van der Waals surface area (Å²) in [7, 11) is 0. The van der Waals surface area contributed by atoms with Crippen LogP contribution in [0.3, 0.4) is 0 Å². The Morgan fingerprint density at radius 3 is 2.93 bits per heavy atom. The highest BCUT2D eigenvalue weighted by atomic mass is 15.3. The molecule has 1 fully saturated rings. The molecule has 4 aromatic rings. The smallest absolute Gasteiger partial charge is 0.155 e. The Morgan fingerprint density at radius 1 is 1.11 bits per heavy atom. The van der Waals surface area contributed by atoms with Gasteiger partial charge in [0.1, 0.15) is 17.8 Å². The van der Waals surface area contributed by atoms with Gasteiger partial charge in [-0.2, -0.15) is 5.10 Å². The van der Waals surface area contributed by atoms with E-state index in [4.69, 9.17) is 9.97 Å². The highest BCUT2D eigenvalue weighted by Gasteiger charge is 2.22. The lowest BCUT2D eigenvalue weighted by Crippen LogP contribution is -2.27. The first kappa shape index (κ1) is 16.1. The number of hydrogen-bond acceptors (Lipinski definition) is 5. The molecule has 7 heteroatoms. The van der Waals surface area contributed by atoms with Crippen LogP contribution >= 0.6 is 0 Å². The Kier molecular flexibility index (Phi) is 3.94. The monoisotopic (exact) mass is 359 g/mol. The van der Waals surface area contributed by atoms with E-state index < -0.39 is 0 Å². The van der Waals surface area contributed by atoms with Crippen LogP contribution in [0.2, 0.25) is 0 Å². The molecule has 136 valence electrons. The number of H-pyrrole nitrogens is 1. The molecule has 4 aromatic heterocycles. The first-order chi connectivity index (χ1) is 13.3. The average Bonchev–Trinajstić information content (AvgIpc) is 3.35. The maximum atomic E-state index is 4.96. The second-order valence-corrected chi connectivity index (χ2v) is 6.99. The van der Waals surface area contributed by atoms with Gasteiger partial charge < -0.3 is 10.3 Å². The minimum atomic E-state index is 0.256. The van der Waals surface area contributed by atoms with Gasteiger partial charge in [-0.25, -0.2) is 14.5 Å². The quantitative estimate of drug-likeness (QED) is 0.586. The third-order valence-corrected chi connectivity index (χ3v) is 5.06. The number of aromatic amines is 1. The van der Waals surface area contributed by atoms with E-state index in [1.54, 1.807) is 10.8 Å². The first-order valence-electron chi connectivity index (χ1n) is 9.35. The van der Waals surface area contributed by atoms with E-state index in [-0.39, 0.29) is 6.04 Å². The summed E-state index contributed by atoms with van der Waals surface area (Å²) in [5.41, 5.74) is 5.53. The zero-order chi connectivity index (χ0) is 18.2. The van der Waals surface area contributed by atoms with E-state index >= 15 is 0 Å². The fourth-order valence-electron chi connectivity index (χ4n) is 3.68. The molecule has 1 saturated heterocycles. The van der Waals surface area contributed by atoms with Crippen molar-refractivity contribution in [3.8, 4) is 22.6 Å². The van der Waals surface area contributed by atoms with E-state index in [1.807, 2.05) is 37.4 Å². The maximum absolute atomic E-state index is 4.96. The molecule has 0 amide bonds. The van der Waals surface area contributed by atoms with Crippen molar-refractivity contribution in [2.45, 2.75) is 32.2 Å². The Morgan fingerprint density at radius 2 is 2.07 bits per heavy atom. The third kappa shape index (κ3) is 3.00. The summed E-state index contributed by atoms with van der Waals surface area (Å²) in [6, 6.07) is 10.3. The summed E-state index contributed by atoms with van der Waals surface area (Å²) in [4.78, 5) is 17.5. The van der Waals surface area contributed by atoms with Crippen molar-refractivity contribution in [2.75, 3.05) is 6.54 Å². The first-order valence-corrected chi connectivity index (χ1v) is 9.35. The van der Waals surface area contributed by atoms with Crippen LogP contribution in [0.4, 0.5) is 0 Å². The van der Waals surface area contributed by atoms with Crippen LogP contribution in [0, 0.1) is 6.92 Å². The van der Waals surface area contributed by atoms with Crippen LogP contribution in [0.5, 0.6) is 0 Å². The lowest BCUT2D eigenvalue weighted by Gasteiger charge is -2.21. The van der Waals surface area contributed by atoms with Crippen molar-refractivity contribution in [1.82, 2.24) is 34.9 Å². The number of piperidine rings is 1. The summed E-state index contributed by atoms with van der Waals surface area (Å²) in [6.45, 7) is 3.03. The Labute approximate surface area is 156 Å². The zero-order valence-corrected chi connectivity index (χ0v) is 15.2. The minimum Gasteiger partial charge on any atom is -0.340 e. The number of aryl methyl sites for hydroxylation is 1. The predicted octanol–water partition coefficient (Wildman–Crippen LogP) is 3.30. The lowest BCUT2D eigenvalue weighted by atomic mass is 10.0. The number of imidazole rings is 1. The highest BCUT2D eigenvalue weighted by Crippen LogP contribution is 2.32. The molecule has 0 bridgehead atoms. The zero-order valence-electron chi connectivity index (χ0n) is 15.2. The van der Waals surface area contributed by atoms with Crippen LogP contribution in [0.15, 0.2) is 42.9 Å². The summed E-state index contributed by atoms with van der Waals surface area (Å²) < 4.78 is 1.78. The molecular formula is C20H21N7. The van der Waals surface area contributed by atoms with Gasteiger partial charge in [-0.15, -0.1) is 0 Å². The van der Waals surface area contributed by atoms with Gasteiger partial charge in [-0.05, 0) is 50.6 Å². The van der Waals surface area contributed by atoms with Crippen molar-refractivity contribution < 1.29 is 0 Å². The van der Waals surface area contributed by atoms with Gasteiger partial charge in [0.15, 0.2) is 5.65 Å². The van der Waals surface area contributed by atoms with Crippen LogP contribution in [0.25, 0.3) is 28.3 Å². The molecule has 1 aliphatic heterocycles. The van der Waals surface area contributed by atoms with Crippen LogP contribution in [0.1, 0.15) is 36.8 Å². The third-order valence-electron chi connectivity index (χ3n) is 5.06. The van der Waals surface area contributed by atoms with Crippen LogP contribution in [-0.4, -0.2) is 36.1 Å². The Balaban J connectivity index is 1.66. The van der Waals surface area contributed by atoms with E-state index in [0.717, 1.165) is 52.8 Å². The predicted molar refractivity (Wildman–Crippen MR) is 103 cm³/mol. The van der Waals surface area contributed by atoms with Gasteiger partial charge in [0, 0.05) is 17.5 Å². The SMILES string of the molecule is Cc1cccc(-c2nc(C3CCCCN3)[nH]c2-c2ccc3ncnn3c2)n1. The Hall–Kier alpha value is -3.06. The summed E-state index contributed by atoms with van der Waals surface area (Å²) in [6.07, 6.45) is 7.07. The van der Waals surface area contributed by atoms with Crippen LogP contribution < -0.4 is 5.32 Å². The molecule has 0 radical (unpaired) electrons. The molecule has 0 saturated carbocycles. The molecule has 27 heavy (non-hydrogen) atoms. The number of nitrogens with one attached hydrogen (secondary N) is 2. The molecule has 7 nitrogen and oxygen atoms in total. The molecule has 5 heterocycles. The van der Waals surface area contributed by atoms with Gasteiger partial charge in [-0.3, -0.25) is 4.98 Å². The van der Waals surface area contributed by atoms with Crippen molar-refractivity contribution >= 4 is 5.65 Å². The topological polar surface area (TPSA) is 83.8 Å². The van der Waals surface area contributed by atoms with Gasteiger partial charge in [0.2, 0.25) is 0 Å².